The van der Waals surface area contributed by atoms with Gasteiger partial charge in [0.15, 0.2) is 0 Å². The van der Waals surface area contributed by atoms with E-state index in [1.165, 1.54) is 51.9 Å². The zero-order valence-electron chi connectivity index (χ0n) is 11.3. The maximum atomic E-state index is 5.12. The lowest BCUT2D eigenvalue weighted by Gasteiger charge is -2.37. The van der Waals surface area contributed by atoms with Crippen LogP contribution in [0.5, 0.6) is 0 Å². The molecule has 1 aliphatic carbocycles. The number of piperazine rings is 1. The van der Waals surface area contributed by atoms with Gasteiger partial charge in [0.05, 0.1) is 5.69 Å². The minimum absolute atomic E-state index is 0.876. The summed E-state index contributed by atoms with van der Waals surface area (Å²) in [4.78, 5) is 5.18. The van der Waals surface area contributed by atoms with Crippen molar-refractivity contribution in [3.05, 3.63) is 17.5 Å². The molecule has 0 radical (unpaired) electrons. The summed E-state index contributed by atoms with van der Waals surface area (Å²) in [6.07, 6.45) is 5.71. The number of rotatable bonds is 3. The van der Waals surface area contributed by atoms with Crippen LogP contribution in [0.25, 0.3) is 0 Å². The number of aryl methyl sites for hydroxylation is 1. The van der Waals surface area contributed by atoms with E-state index in [1.54, 1.807) is 0 Å². The maximum Gasteiger partial charge on any atom is 0.133 e. The average molecular weight is 249 g/mol. The van der Waals surface area contributed by atoms with E-state index in [-0.39, 0.29) is 0 Å². The Labute approximate surface area is 109 Å². The SMILES string of the molecule is Cc1cc(CN2CCN(C3CCCC3)CC2)no1. The monoisotopic (exact) mass is 249 g/mol. The average Bonchev–Trinajstić information content (AvgIpc) is 3.02. The van der Waals surface area contributed by atoms with Crippen LogP contribution in [0.15, 0.2) is 10.6 Å². The Kier molecular flexibility index (Phi) is 3.66. The first-order valence-corrected chi connectivity index (χ1v) is 7.20. The highest BCUT2D eigenvalue weighted by atomic mass is 16.5. The van der Waals surface area contributed by atoms with E-state index in [4.69, 9.17) is 4.52 Å². The van der Waals surface area contributed by atoms with Crippen LogP contribution in [0, 0.1) is 6.92 Å². The van der Waals surface area contributed by atoms with E-state index in [0.717, 1.165) is 24.0 Å². The molecule has 1 aliphatic heterocycles. The Morgan fingerprint density at radius 2 is 1.94 bits per heavy atom. The second-order valence-electron chi connectivity index (χ2n) is 5.68. The standard InChI is InChI=1S/C14H23N3O/c1-12-10-13(15-18-12)11-16-6-8-17(9-7-16)14-4-2-3-5-14/h10,14H,2-9,11H2,1H3. The van der Waals surface area contributed by atoms with Crippen LogP contribution in [0.4, 0.5) is 0 Å². The van der Waals surface area contributed by atoms with Crippen LogP contribution in [0.3, 0.4) is 0 Å². The smallest absolute Gasteiger partial charge is 0.133 e. The summed E-state index contributed by atoms with van der Waals surface area (Å²) in [5.41, 5.74) is 1.07. The van der Waals surface area contributed by atoms with Crippen molar-refractivity contribution >= 4 is 0 Å². The van der Waals surface area contributed by atoms with Crippen LogP contribution in [-0.4, -0.2) is 47.2 Å². The third-order valence-corrected chi connectivity index (χ3v) is 4.31. The van der Waals surface area contributed by atoms with Gasteiger partial charge in [-0.25, -0.2) is 0 Å². The largest absolute Gasteiger partial charge is 0.361 e. The van der Waals surface area contributed by atoms with Crippen molar-refractivity contribution in [2.75, 3.05) is 26.2 Å². The van der Waals surface area contributed by atoms with Crippen LogP contribution < -0.4 is 0 Å². The van der Waals surface area contributed by atoms with Crippen molar-refractivity contribution in [1.82, 2.24) is 15.0 Å². The van der Waals surface area contributed by atoms with Gasteiger partial charge in [0.1, 0.15) is 5.76 Å². The quantitative estimate of drug-likeness (QED) is 0.820. The van der Waals surface area contributed by atoms with E-state index >= 15 is 0 Å². The van der Waals surface area contributed by atoms with Gasteiger partial charge in [-0.15, -0.1) is 0 Å². The molecule has 0 atom stereocenters. The van der Waals surface area contributed by atoms with Crippen LogP contribution in [0.2, 0.25) is 0 Å². The molecule has 1 aromatic heterocycles. The molecule has 0 bridgehead atoms. The molecule has 18 heavy (non-hydrogen) atoms. The Morgan fingerprint density at radius 1 is 1.22 bits per heavy atom. The Hall–Kier alpha value is -0.870. The van der Waals surface area contributed by atoms with Crippen molar-refractivity contribution in [2.45, 2.75) is 45.2 Å². The van der Waals surface area contributed by atoms with Crippen molar-refractivity contribution < 1.29 is 4.52 Å². The van der Waals surface area contributed by atoms with Gasteiger partial charge < -0.3 is 4.52 Å². The third-order valence-electron chi connectivity index (χ3n) is 4.31. The van der Waals surface area contributed by atoms with Crippen molar-refractivity contribution in [1.29, 1.82) is 0 Å². The Balaban J connectivity index is 1.47. The summed E-state index contributed by atoms with van der Waals surface area (Å²) in [7, 11) is 0. The van der Waals surface area contributed by atoms with Gasteiger partial charge >= 0.3 is 0 Å². The van der Waals surface area contributed by atoms with Crippen molar-refractivity contribution in [3.63, 3.8) is 0 Å². The predicted molar refractivity (Wildman–Crippen MR) is 70.3 cm³/mol. The summed E-state index contributed by atoms with van der Waals surface area (Å²) in [6.45, 7) is 7.68. The normalized spacial score (nSPS) is 23.8. The molecule has 4 heteroatoms. The fraction of sp³-hybridized carbons (Fsp3) is 0.786. The first-order valence-electron chi connectivity index (χ1n) is 7.20. The Bertz CT molecular complexity index is 376. The molecule has 0 unspecified atom stereocenters. The fourth-order valence-electron chi connectivity index (χ4n) is 3.28. The molecule has 0 aromatic carbocycles. The molecule has 0 amide bonds. The minimum Gasteiger partial charge on any atom is -0.361 e. The molecule has 1 saturated carbocycles. The number of hydrogen-bond acceptors (Lipinski definition) is 4. The fourth-order valence-corrected chi connectivity index (χ4v) is 3.28. The predicted octanol–water partition coefficient (Wildman–Crippen LogP) is 2.04. The van der Waals surface area contributed by atoms with Gasteiger partial charge in [-0.1, -0.05) is 18.0 Å². The molecule has 0 N–H and O–H groups in total. The van der Waals surface area contributed by atoms with Gasteiger partial charge in [-0.2, -0.15) is 0 Å². The summed E-state index contributed by atoms with van der Waals surface area (Å²) < 4.78 is 5.12. The highest BCUT2D eigenvalue weighted by molar-refractivity contribution is 5.03. The summed E-state index contributed by atoms with van der Waals surface area (Å²) >= 11 is 0. The molecule has 2 heterocycles. The van der Waals surface area contributed by atoms with Crippen LogP contribution in [-0.2, 0) is 6.54 Å². The molecule has 4 nitrogen and oxygen atoms in total. The molecule has 2 aliphatic rings. The third kappa shape index (κ3) is 2.75. The van der Waals surface area contributed by atoms with Crippen LogP contribution >= 0.6 is 0 Å². The van der Waals surface area contributed by atoms with E-state index in [9.17, 15) is 0 Å². The molecule has 1 saturated heterocycles. The second-order valence-corrected chi connectivity index (χ2v) is 5.68. The van der Waals surface area contributed by atoms with Crippen molar-refractivity contribution in [2.24, 2.45) is 0 Å². The first kappa shape index (κ1) is 12.2. The van der Waals surface area contributed by atoms with Gasteiger partial charge in [-0.05, 0) is 19.8 Å². The molecule has 0 spiro atoms. The van der Waals surface area contributed by atoms with E-state index in [1.807, 2.05) is 13.0 Å². The molecule has 2 fully saturated rings. The lowest BCUT2D eigenvalue weighted by molar-refractivity contribution is 0.0923. The first-order chi connectivity index (χ1) is 8.81. The zero-order chi connectivity index (χ0) is 12.4. The van der Waals surface area contributed by atoms with Crippen LogP contribution in [0.1, 0.15) is 37.1 Å². The number of nitrogens with zero attached hydrogens (tertiary/aromatic N) is 3. The molecule has 3 rings (SSSR count). The highest BCUT2D eigenvalue weighted by Crippen LogP contribution is 2.24. The van der Waals surface area contributed by atoms with Gasteiger partial charge in [-0.3, -0.25) is 9.80 Å². The molecular formula is C14H23N3O. The Morgan fingerprint density at radius 3 is 2.56 bits per heavy atom. The lowest BCUT2D eigenvalue weighted by Crippen LogP contribution is -2.49. The second kappa shape index (κ2) is 5.41. The van der Waals surface area contributed by atoms with Gasteiger partial charge in [0.25, 0.3) is 0 Å². The van der Waals surface area contributed by atoms with E-state index in [0.29, 0.717) is 0 Å². The van der Waals surface area contributed by atoms with Crippen molar-refractivity contribution in [3.8, 4) is 0 Å². The topological polar surface area (TPSA) is 32.5 Å². The minimum atomic E-state index is 0.876. The van der Waals surface area contributed by atoms with E-state index < -0.39 is 0 Å². The summed E-state index contributed by atoms with van der Waals surface area (Å²) in [6, 6.07) is 2.92. The van der Waals surface area contributed by atoms with Gasteiger partial charge in [0, 0.05) is 44.8 Å². The maximum absolute atomic E-state index is 5.12. The highest BCUT2D eigenvalue weighted by Gasteiger charge is 2.26. The molecular weight excluding hydrogens is 226 g/mol. The molecule has 100 valence electrons. The van der Waals surface area contributed by atoms with Gasteiger partial charge in [0.2, 0.25) is 0 Å². The zero-order valence-corrected chi connectivity index (χ0v) is 11.3. The summed E-state index contributed by atoms with van der Waals surface area (Å²) in [5.74, 6) is 0.912. The summed E-state index contributed by atoms with van der Waals surface area (Å²) in [5, 5.41) is 4.08. The number of hydrogen-bond donors (Lipinski definition) is 0. The lowest BCUT2D eigenvalue weighted by atomic mass is 10.2. The van der Waals surface area contributed by atoms with E-state index in [2.05, 4.69) is 15.0 Å². The molecule has 1 aromatic rings. The number of aromatic nitrogens is 1.